The number of nitrogen functional groups attached to an aromatic ring is 1. The molecule has 1 atom stereocenters. The number of carboxylic acids is 1. The molecule has 94 valence electrons. The van der Waals surface area contributed by atoms with Crippen molar-refractivity contribution in [2.45, 2.75) is 33.2 Å². The molecular weight excluding hydrogens is 216 g/mol. The van der Waals surface area contributed by atoms with Crippen LogP contribution in [0.25, 0.3) is 0 Å². The third-order valence-corrected chi connectivity index (χ3v) is 2.54. The third kappa shape index (κ3) is 3.66. The van der Waals surface area contributed by atoms with Gasteiger partial charge in [0, 0.05) is 6.04 Å². The van der Waals surface area contributed by atoms with Crippen LogP contribution in [0, 0.1) is 5.92 Å². The predicted octanol–water partition coefficient (Wildman–Crippen LogP) is 2.81. The number of nitrogens with one attached hydrogen (secondary N) is 1. The van der Waals surface area contributed by atoms with E-state index in [1.165, 1.54) is 0 Å². The summed E-state index contributed by atoms with van der Waals surface area (Å²) in [5, 5.41) is 12.3. The Morgan fingerprint density at radius 1 is 1.41 bits per heavy atom. The van der Waals surface area contributed by atoms with Gasteiger partial charge in [-0.25, -0.2) is 4.79 Å². The summed E-state index contributed by atoms with van der Waals surface area (Å²) in [6.45, 7) is 6.29. The van der Waals surface area contributed by atoms with Crippen LogP contribution in [0.15, 0.2) is 18.2 Å². The molecule has 0 saturated heterocycles. The minimum Gasteiger partial charge on any atom is -0.478 e. The SMILES string of the molecule is CC(C)CC(C)Nc1c(N)cccc1C(=O)O. The van der Waals surface area contributed by atoms with E-state index in [1.807, 2.05) is 6.92 Å². The van der Waals surface area contributed by atoms with E-state index in [-0.39, 0.29) is 11.6 Å². The average molecular weight is 236 g/mol. The molecular formula is C13H20N2O2. The summed E-state index contributed by atoms with van der Waals surface area (Å²) in [4.78, 5) is 11.1. The first-order valence-corrected chi connectivity index (χ1v) is 5.80. The number of nitrogens with two attached hydrogens (primary N) is 1. The van der Waals surface area contributed by atoms with Crippen LogP contribution in [0.3, 0.4) is 0 Å². The van der Waals surface area contributed by atoms with Crippen LogP contribution < -0.4 is 11.1 Å². The zero-order valence-electron chi connectivity index (χ0n) is 10.5. The average Bonchev–Trinajstić information content (AvgIpc) is 2.19. The molecule has 0 spiro atoms. The molecule has 17 heavy (non-hydrogen) atoms. The molecule has 1 rings (SSSR count). The van der Waals surface area contributed by atoms with Gasteiger partial charge in [-0.05, 0) is 31.4 Å². The van der Waals surface area contributed by atoms with Gasteiger partial charge in [-0.3, -0.25) is 0 Å². The van der Waals surface area contributed by atoms with Gasteiger partial charge in [0.25, 0.3) is 0 Å². The fourth-order valence-electron chi connectivity index (χ4n) is 1.92. The second kappa shape index (κ2) is 5.57. The van der Waals surface area contributed by atoms with Gasteiger partial charge < -0.3 is 16.2 Å². The molecule has 0 saturated carbocycles. The first-order valence-electron chi connectivity index (χ1n) is 5.80. The van der Waals surface area contributed by atoms with E-state index in [2.05, 4.69) is 19.2 Å². The van der Waals surface area contributed by atoms with Gasteiger partial charge in [0.05, 0.1) is 16.9 Å². The molecule has 4 heteroatoms. The Bertz CT molecular complexity index is 402. The van der Waals surface area contributed by atoms with Gasteiger partial charge in [0.1, 0.15) is 0 Å². The molecule has 4 nitrogen and oxygen atoms in total. The van der Waals surface area contributed by atoms with Crippen LogP contribution in [-0.2, 0) is 0 Å². The highest BCUT2D eigenvalue weighted by atomic mass is 16.4. The summed E-state index contributed by atoms with van der Waals surface area (Å²) in [6, 6.07) is 5.11. The maximum atomic E-state index is 11.1. The molecule has 0 aliphatic heterocycles. The molecule has 0 aliphatic rings. The number of benzene rings is 1. The minimum atomic E-state index is -0.962. The molecule has 1 unspecified atom stereocenters. The van der Waals surface area contributed by atoms with Gasteiger partial charge in [-0.1, -0.05) is 19.9 Å². The largest absolute Gasteiger partial charge is 0.478 e. The second-order valence-corrected chi connectivity index (χ2v) is 4.75. The predicted molar refractivity (Wildman–Crippen MR) is 70.4 cm³/mol. The monoisotopic (exact) mass is 236 g/mol. The van der Waals surface area contributed by atoms with E-state index >= 15 is 0 Å². The van der Waals surface area contributed by atoms with Crippen molar-refractivity contribution in [3.05, 3.63) is 23.8 Å². The Morgan fingerprint density at radius 2 is 2.06 bits per heavy atom. The number of para-hydroxylation sites is 1. The van der Waals surface area contributed by atoms with E-state index in [1.54, 1.807) is 18.2 Å². The first kappa shape index (κ1) is 13.4. The summed E-state index contributed by atoms with van der Waals surface area (Å²) in [7, 11) is 0. The molecule has 0 aliphatic carbocycles. The van der Waals surface area contributed by atoms with E-state index in [0.29, 0.717) is 17.3 Å². The standard InChI is InChI=1S/C13H20N2O2/c1-8(2)7-9(3)15-12-10(13(16)17)5-4-6-11(12)14/h4-6,8-9,15H,7,14H2,1-3H3,(H,16,17). The molecule has 0 aromatic heterocycles. The van der Waals surface area contributed by atoms with Crippen molar-refractivity contribution in [1.29, 1.82) is 0 Å². The van der Waals surface area contributed by atoms with Crippen molar-refractivity contribution in [3.8, 4) is 0 Å². The lowest BCUT2D eigenvalue weighted by Gasteiger charge is -2.20. The van der Waals surface area contributed by atoms with Crippen LogP contribution in [0.2, 0.25) is 0 Å². The molecule has 0 bridgehead atoms. The number of aromatic carboxylic acids is 1. The van der Waals surface area contributed by atoms with Gasteiger partial charge in [-0.15, -0.1) is 0 Å². The first-order chi connectivity index (χ1) is 7.91. The molecule has 1 aromatic rings. The van der Waals surface area contributed by atoms with Crippen molar-refractivity contribution in [1.82, 2.24) is 0 Å². The summed E-state index contributed by atoms with van der Waals surface area (Å²) in [5.41, 5.74) is 7.03. The zero-order valence-corrected chi connectivity index (χ0v) is 10.5. The molecule has 4 N–H and O–H groups in total. The lowest BCUT2D eigenvalue weighted by molar-refractivity contribution is 0.0698. The van der Waals surface area contributed by atoms with Gasteiger partial charge in [0.15, 0.2) is 0 Å². The molecule has 0 radical (unpaired) electrons. The molecule has 1 aromatic carbocycles. The highest BCUT2D eigenvalue weighted by Crippen LogP contribution is 2.25. The van der Waals surface area contributed by atoms with E-state index < -0.39 is 5.97 Å². The van der Waals surface area contributed by atoms with Crippen LogP contribution in [0.5, 0.6) is 0 Å². The number of carbonyl (C=O) groups is 1. The second-order valence-electron chi connectivity index (χ2n) is 4.75. The van der Waals surface area contributed by atoms with Gasteiger partial charge >= 0.3 is 5.97 Å². The zero-order chi connectivity index (χ0) is 13.0. The van der Waals surface area contributed by atoms with Crippen molar-refractivity contribution in [2.75, 3.05) is 11.1 Å². The number of anilines is 2. The Morgan fingerprint density at radius 3 is 2.59 bits per heavy atom. The van der Waals surface area contributed by atoms with Gasteiger partial charge in [0.2, 0.25) is 0 Å². The highest BCUT2D eigenvalue weighted by Gasteiger charge is 2.14. The Balaban J connectivity index is 2.92. The Labute approximate surface area is 102 Å². The fourth-order valence-corrected chi connectivity index (χ4v) is 1.92. The summed E-state index contributed by atoms with van der Waals surface area (Å²) >= 11 is 0. The van der Waals surface area contributed by atoms with Crippen LogP contribution in [-0.4, -0.2) is 17.1 Å². The maximum Gasteiger partial charge on any atom is 0.337 e. The number of hydrogen-bond donors (Lipinski definition) is 3. The Hall–Kier alpha value is -1.71. The van der Waals surface area contributed by atoms with E-state index in [4.69, 9.17) is 10.8 Å². The topological polar surface area (TPSA) is 75.3 Å². The summed E-state index contributed by atoms with van der Waals surface area (Å²) < 4.78 is 0. The maximum absolute atomic E-state index is 11.1. The Kier molecular flexibility index (Phi) is 4.37. The smallest absolute Gasteiger partial charge is 0.337 e. The van der Waals surface area contributed by atoms with E-state index in [0.717, 1.165) is 6.42 Å². The van der Waals surface area contributed by atoms with Crippen molar-refractivity contribution in [2.24, 2.45) is 5.92 Å². The fraction of sp³-hybridized carbons (Fsp3) is 0.462. The van der Waals surface area contributed by atoms with Crippen LogP contribution in [0.1, 0.15) is 37.6 Å². The summed E-state index contributed by atoms with van der Waals surface area (Å²) in [5.74, 6) is -0.410. The normalized spacial score (nSPS) is 12.5. The number of carboxylic acid groups (broad SMARTS) is 1. The van der Waals surface area contributed by atoms with Crippen molar-refractivity contribution >= 4 is 17.3 Å². The minimum absolute atomic E-state index is 0.192. The lowest BCUT2D eigenvalue weighted by atomic mass is 10.0. The quantitative estimate of drug-likeness (QED) is 0.687. The lowest BCUT2D eigenvalue weighted by Crippen LogP contribution is -2.20. The van der Waals surface area contributed by atoms with Crippen LogP contribution >= 0.6 is 0 Å². The number of hydrogen-bond acceptors (Lipinski definition) is 3. The van der Waals surface area contributed by atoms with Gasteiger partial charge in [-0.2, -0.15) is 0 Å². The molecule has 0 heterocycles. The third-order valence-electron chi connectivity index (χ3n) is 2.54. The molecule has 0 fully saturated rings. The van der Waals surface area contributed by atoms with Crippen molar-refractivity contribution < 1.29 is 9.90 Å². The van der Waals surface area contributed by atoms with E-state index in [9.17, 15) is 4.79 Å². The molecule has 0 amide bonds. The van der Waals surface area contributed by atoms with Crippen molar-refractivity contribution in [3.63, 3.8) is 0 Å². The number of rotatable bonds is 5. The summed E-state index contributed by atoms with van der Waals surface area (Å²) in [6.07, 6.45) is 0.966. The van der Waals surface area contributed by atoms with Crippen LogP contribution in [0.4, 0.5) is 11.4 Å². The highest BCUT2D eigenvalue weighted by molar-refractivity contribution is 5.97.